The molecule has 0 radical (unpaired) electrons. The van der Waals surface area contributed by atoms with E-state index in [4.69, 9.17) is 0 Å². The van der Waals surface area contributed by atoms with Crippen molar-refractivity contribution in [3.05, 3.63) is 78.2 Å². The summed E-state index contributed by atoms with van der Waals surface area (Å²) in [7, 11) is -3.70. The number of nitrogens with zero attached hydrogens (tertiary/aromatic N) is 1. The van der Waals surface area contributed by atoms with Crippen LogP contribution in [-0.2, 0) is 16.4 Å². The van der Waals surface area contributed by atoms with Crippen LogP contribution in [0, 0.1) is 5.82 Å². The summed E-state index contributed by atoms with van der Waals surface area (Å²) in [6.45, 7) is 2.01. The fourth-order valence-electron chi connectivity index (χ4n) is 2.36. The van der Waals surface area contributed by atoms with Crippen LogP contribution in [-0.4, -0.2) is 13.4 Å². The van der Waals surface area contributed by atoms with Gasteiger partial charge in [-0.1, -0.05) is 25.1 Å². The lowest BCUT2D eigenvalue weighted by molar-refractivity contribution is 0.601. The Kier molecular flexibility index (Phi) is 5.18. The first-order valence-electron chi connectivity index (χ1n) is 8.07. The maximum Gasteiger partial charge on any atom is 0.263 e. The van der Waals surface area contributed by atoms with Gasteiger partial charge in [-0.3, -0.25) is 4.72 Å². The second-order valence-electron chi connectivity index (χ2n) is 5.67. The number of hydrogen-bond donors (Lipinski definition) is 2. The van der Waals surface area contributed by atoms with Gasteiger partial charge in [0.2, 0.25) is 0 Å². The Bertz CT molecular complexity index is 988. The lowest BCUT2D eigenvalue weighted by atomic mass is 10.2. The highest BCUT2D eigenvalue weighted by molar-refractivity contribution is 7.92. The zero-order chi connectivity index (χ0) is 18.6. The number of hydrogen-bond acceptors (Lipinski definition) is 4. The number of halogens is 1. The molecule has 0 aliphatic carbocycles. The molecule has 0 atom stereocenters. The van der Waals surface area contributed by atoms with E-state index in [0.29, 0.717) is 11.4 Å². The fourth-order valence-corrected chi connectivity index (χ4v) is 3.37. The van der Waals surface area contributed by atoms with E-state index >= 15 is 0 Å². The molecule has 3 aromatic rings. The van der Waals surface area contributed by atoms with Gasteiger partial charge in [0.15, 0.2) is 0 Å². The van der Waals surface area contributed by atoms with Gasteiger partial charge in [-0.15, -0.1) is 0 Å². The van der Waals surface area contributed by atoms with Crippen molar-refractivity contribution in [1.82, 2.24) is 4.98 Å². The first kappa shape index (κ1) is 17.9. The van der Waals surface area contributed by atoms with Gasteiger partial charge in [0, 0.05) is 5.69 Å². The van der Waals surface area contributed by atoms with Gasteiger partial charge in [-0.05, 0) is 54.4 Å². The summed E-state index contributed by atoms with van der Waals surface area (Å²) in [5, 5.41) is 3.00. The first-order valence-corrected chi connectivity index (χ1v) is 9.55. The number of pyridine rings is 1. The zero-order valence-electron chi connectivity index (χ0n) is 14.1. The Balaban J connectivity index is 1.71. The molecule has 2 N–H and O–H groups in total. The Morgan fingerprint density at radius 3 is 2.38 bits per heavy atom. The van der Waals surface area contributed by atoms with Crippen molar-refractivity contribution in [3.63, 3.8) is 0 Å². The number of sulfonamides is 1. The molecule has 5 nitrogen and oxygen atoms in total. The second-order valence-corrected chi connectivity index (χ2v) is 7.35. The van der Waals surface area contributed by atoms with Crippen LogP contribution >= 0.6 is 0 Å². The van der Waals surface area contributed by atoms with E-state index in [1.54, 1.807) is 48.5 Å². The molecule has 0 aliphatic heterocycles. The smallest absolute Gasteiger partial charge is 0.263 e. The number of aromatic nitrogens is 1. The highest BCUT2D eigenvalue weighted by Crippen LogP contribution is 2.20. The van der Waals surface area contributed by atoms with Crippen LogP contribution in [0.4, 0.5) is 21.6 Å². The summed E-state index contributed by atoms with van der Waals surface area (Å²) in [5.41, 5.74) is 2.26. The summed E-state index contributed by atoms with van der Waals surface area (Å²) in [6, 6.07) is 15.9. The molecule has 2 aromatic carbocycles. The molecule has 1 aromatic heterocycles. The van der Waals surface area contributed by atoms with E-state index in [1.165, 1.54) is 18.3 Å². The molecular formula is C19H18FN3O2S. The van der Waals surface area contributed by atoms with Crippen molar-refractivity contribution in [2.24, 2.45) is 0 Å². The van der Waals surface area contributed by atoms with Crippen LogP contribution in [0.2, 0.25) is 0 Å². The summed E-state index contributed by atoms with van der Waals surface area (Å²) in [6.07, 6.45) is 2.32. The number of nitrogens with one attached hydrogen (secondary N) is 2. The molecule has 1 heterocycles. The number of anilines is 3. The molecule has 3 rings (SSSR count). The van der Waals surface area contributed by atoms with Gasteiger partial charge < -0.3 is 5.32 Å². The fraction of sp³-hybridized carbons (Fsp3) is 0.105. The minimum atomic E-state index is -3.70. The minimum Gasteiger partial charge on any atom is -0.354 e. The van der Waals surface area contributed by atoms with E-state index < -0.39 is 10.0 Å². The van der Waals surface area contributed by atoms with Gasteiger partial charge in [-0.25, -0.2) is 17.8 Å². The van der Waals surface area contributed by atoms with E-state index in [0.717, 1.165) is 12.0 Å². The molecule has 0 unspecified atom stereocenters. The Morgan fingerprint density at radius 1 is 1.00 bits per heavy atom. The summed E-state index contributed by atoms with van der Waals surface area (Å²) < 4.78 is 40.5. The van der Waals surface area contributed by atoms with Gasteiger partial charge >= 0.3 is 0 Å². The predicted molar refractivity (Wildman–Crippen MR) is 101 cm³/mol. The first-order chi connectivity index (χ1) is 12.5. The lowest BCUT2D eigenvalue weighted by Crippen LogP contribution is -2.13. The molecule has 0 saturated heterocycles. The van der Waals surface area contributed by atoms with Crippen LogP contribution in [0.1, 0.15) is 12.5 Å². The molecule has 0 bridgehead atoms. The topological polar surface area (TPSA) is 71.1 Å². The van der Waals surface area contributed by atoms with Crippen LogP contribution in [0.25, 0.3) is 0 Å². The van der Waals surface area contributed by atoms with E-state index in [1.807, 2.05) is 6.92 Å². The maximum absolute atomic E-state index is 13.2. The normalized spacial score (nSPS) is 11.2. The van der Waals surface area contributed by atoms with Crippen LogP contribution in [0.5, 0.6) is 0 Å². The highest BCUT2D eigenvalue weighted by Gasteiger charge is 2.14. The van der Waals surface area contributed by atoms with Gasteiger partial charge in [0.25, 0.3) is 10.0 Å². The number of aryl methyl sites for hydroxylation is 1. The third-order valence-electron chi connectivity index (χ3n) is 3.76. The quantitative estimate of drug-likeness (QED) is 0.677. The Hall–Kier alpha value is -2.93. The monoisotopic (exact) mass is 371 g/mol. The van der Waals surface area contributed by atoms with E-state index in [2.05, 4.69) is 15.0 Å². The Morgan fingerprint density at radius 2 is 1.77 bits per heavy atom. The average molecular weight is 371 g/mol. The summed E-state index contributed by atoms with van der Waals surface area (Å²) >= 11 is 0. The minimum absolute atomic E-state index is 0.179. The van der Waals surface area contributed by atoms with Crippen molar-refractivity contribution in [1.29, 1.82) is 0 Å². The van der Waals surface area contributed by atoms with Crippen LogP contribution in [0.3, 0.4) is 0 Å². The molecule has 26 heavy (non-hydrogen) atoms. The number of rotatable bonds is 6. The summed E-state index contributed by atoms with van der Waals surface area (Å²) in [5.74, 6) is -0.143. The summed E-state index contributed by atoms with van der Waals surface area (Å²) in [4.78, 5) is 4.27. The molecule has 0 spiro atoms. The third kappa shape index (κ3) is 4.37. The average Bonchev–Trinajstić information content (AvgIpc) is 2.63. The molecule has 7 heteroatoms. The van der Waals surface area contributed by atoms with Crippen LogP contribution < -0.4 is 10.0 Å². The molecule has 134 valence electrons. The predicted octanol–water partition coefficient (Wildman–Crippen LogP) is 4.33. The molecule has 0 fully saturated rings. The SMILES string of the molecule is CCc1ccc(S(=O)(=O)Nc2ccc(Nc3cccc(F)c3)cn2)cc1. The zero-order valence-corrected chi connectivity index (χ0v) is 14.9. The van der Waals surface area contributed by atoms with Crippen molar-refractivity contribution in [3.8, 4) is 0 Å². The third-order valence-corrected chi connectivity index (χ3v) is 5.13. The maximum atomic E-state index is 13.2. The largest absolute Gasteiger partial charge is 0.354 e. The molecule has 0 amide bonds. The molecule has 0 aliphatic rings. The van der Waals surface area contributed by atoms with E-state index in [-0.39, 0.29) is 16.5 Å². The van der Waals surface area contributed by atoms with Crippen molar-refractivity contribution in [2.75, 3.05) is 10.0 Å². The van der Waals surface area contributed by atoms with Crippen molar-refractivity contribution < 1.29 is 12.8 Å². The molecular weight excluding hydrogens is 353 g/mol. The molecule has 0 saturated carbocycles. The Labute approximate surface area is 152 Å². The highest BCUT2D eigenvalue weighted by atomic mass is 32.2. The second kappa shape index (κ2) is 7.53. The number of benzene rings is 2. The van der Waals surface area contributed by atoms with Gasteiger partial charge in [0.1, 0.15) is 11.6 Å². The van der Waals surface area contributed by atoms with Gasteiger partial charge in [-0.2, -0.15) is 0 Å². The standard InChI is InChI=1S/C19H18FN3O2S/c1-2-14-6-9-18(10-7-14)26(24,25)23-19-11-8-17(13-21-19)22-16-5-3-4-15(20)12-16/h3-13,22H,2H2,1H3,(H,21,23). The lowest BCUT2D eigenvalue weighted by Gasteiger charge is -2.10. The van der Waals surface area contributed by atoms with Crippen molar-refractivity contribution >= 4 is 27.2 Å². The van der Waals surface area contributed by atoms with Crippen molar-refractivity contribution in [2.45, 2.75) is 18.2 Å². The van der Waals surface area contributed by atoms with Crippen LogP contribution in [0.15, 0.2) is 71.8 Å². The van der Waals surface area contributed by atoms with E-state index in [9.17, 15) is 12.8 Å². The van der Waals surface area contributed by atoms with Gasteiger partial charge in [0.05, 0.1) is 16.8 Å².